The third-order valence-electron chi connectivity index (χ3n) is 3.16. The molecule has 0 spiro atoms. The summed E-state index contributed by atoms with van der Waals surface area (Å²) in [7, 11) is 3.61. The number of nitrogens with one attached hydrogen (secondary N) is 1. The van der Waals surface area contributed by atoms with Gasteiger partial charge >= 0.3 is 0 Å². The van der Waals surface area contributed by atoms with Crippen molar-refractivity contribution in [1.82, 2.24) is 24.5 Å². The Morgan fingerprint density at radius 1 is 1.33 bits per heavy atom. The van der Waals surface area contributed by atoms with Crippen LogP contribution in [-0.4, -0.2) is 49.0 Å². The summed E-state index contributed by atoms with van der Waals surface area (Å²) in [4.78, 5) is 36.7. The number of imidazole rings is 1. The first-order chi connectivity index (χ1) is 11.5. The van der Waals surface area contributed by atoms with Gasteiger partial charge in [0.05, 0.1) is 29.8 Å². The van der Waals surface area contributed by atoms with Crippen molar-refractivity contribution >= 4 is 29.2 Å². The number of anilines is 1. The maximum Gasteiger partial charge on any atom is 0.290 e. The Kier molecular flexibility index (Phi) is 5.00. The van der Waals surface area contributed by atoms with Crippen molar-refractivity contribution in [3.63, 3.8) is 0 Å². The molecule has 3 heterocycles. The van der Waals surface area contributed by atoms with Crippen LogP contribution in [0, 0.1) is 0 Å². The van der Waals surface area contributed by atoms with Gasteiger partial charge in [0.15, 0.2) is 5.82 Å². The van der Waals surface area contributed by atoms with E-state index in [0.29, 0.717) is 17.1 Å². The Balaban J connectivity index is 0.000000647. The number of nitrogens with zero attached hydrogens (tertiary/aromatic N) is 5. The second-order valence-corrected chi connectivity index (χ2v) is 4.58. The van der Waals surface area contributed by atoms with Crippen LogP contribution in [-0.2, 0) is 11.8 Å². The summed E-state index contributed by atoms with van der Waals surface area (Å²) >= 11 is 0. The predicted octanol–water partition coefficient (Wildman–Crippen LogP) is 0.267. The number of aromatic nitrogens is 5. The minimum atomic E-state index is -0.632. The van der Waals surface area contributed by atoms with Crippen molar-refractivity contribution in [1.29, 1.82) is 0 Å². The van der Waals surface area contributed by atoms with E-state index in [-0.39, 0.29) is 12.2 Å². The van der Waals surface area contributed by atoms with E-state index < -0.39 is 5.91 Å². The van der Waals surface area contributed by atoms with E-state index in [1.165, 1.54) is 6.20 Å². The zero-order valence-corrected chi connectivity index (χ0v) is 13.0. The minimum Gasteiger partial charge on any atom is -0.483 e. The smallest absolute Gasteiger partial charge is 0.290 e. The molecule has 0 unspecified atom stereocenters. The van der Waals surface area contributed by atoms with Crippen LogP contribution in [0.4, 0.5) is 5.82 Å². The number of primary amides is 1. The Labute approximate surface area is 136 Å². The predicted molar refractivity (Wildman–Crippen MR) is 86.3 cm³/mol. The molecule has 24 heavy (non-hydrogen) atoms. The summed E-state index contributed by atoms with van der Waals surface area (Å²) in [5.41, 5.74) is 8.14. The summed E-state index contributed by atoms with van der Waals surface area (Å²) < 4.78 is 1.86. The van der Waals surface area contributed by atoms with Gasteiger partial charge in [0.25, 0.3) is 12.4 Å². The van der Waals surface area contributed by atoms with Crippen molar-refractivity contribution < 1.29 is 14.7 Å². The monoisotopic (exact) mass is 329 g/mol. The van der Waals surface area contributed by atoms with E-state index in [2.05, 4.69) is 25.3 Å². The zero-order valence-electron chi connectivity index (χ0n) is 13.0. The molecular weight excluding hydrogens is 314 g/mol. The van der Waals surface area contributed by atoms with Crippen LogP contribution in [0.5, 0.6) is 0 Å². The molecule has 4 N–H and O–H groups in total. The molecule has 10 nitrogen and oxygen atoms in total. The highest BCUT2D eigenvalue weighted by Crippen LogP contribution is 2.29. The average Bonchev–Trinajstić information content (AvgIpc) is 2.96. The minimum absolute atomic E-state index is 0.0944. The SMILES string of the molecule is CNc1ncc(C(N)=O)nc1-c1cncc2c1ncn2C.O=CO. The molecule has 0 saturated carbocycles. The highest BCUT2D eigenvalue weighted by molar-refractivity contribution is 5.95. The fraction of sp³-hybridized carbons (Fsp3) is 0.143. The molecule has 0 saturated heterocycles. The van der Waals surface area contributed by atoms with Gasteiger partial charge in [-0.25, -0.2) is 15.0 Å². The molecule has 0 atom stereocenters. The number of aryl methyl sites for hydroxylation is 1. The standard InChI is InChI=1S/C13H13N7O.CH2O2/c1-15-13-11(19-8(4-17-13)12(14)21)7-3-16-5-9-10(7)18-6-20(9)2;2-1-3/h3-6H,1-2H3,(H2,14,21)(H,15,17);1H,(H,2,3). The van der Waals surface area contributed by atoms with Gasteiger partial charge in [0.2, 0.25) is 0 Å². The second kappa shape index (κ2) is 7.13. The highest BCUT2D eigenvalue weighted by atomic mass is 16.3. The van der Waals surface area contributed by atoms with Crippen molar-refractivity contribution in [3.8, 4) is 11.3 Å². The number of hydrogen-bond donors (Lipinski definition) is 3. The number of hydrogen-bond acceptors (Lipinski definition) is 7. The van der Waals surface area contributed by atoms with E-state index in [9.17, 15) is 4.79 Å². The molecule has 3 aromatic heterocycles. The molecule has 0 aliphatic carbocycles. The largest absolute Gasteiger partial charge is 0.483 e. The van der Waals surface area contributed by atoms with E-state index in [1.807, 2.05) is 11.6 Å². The van der Waals surface area contributed by atoms with Gasteiger partial charge < -0.3 is 20.7 Å². The van der Waals surface area contributed by atoms with Gasteiger partial charge in [-0.1, -0.05) is 0 Å². The van der Waals surface area contributed by atoms with E-state index in [0.717, 1.165) is 11.0 Å². The molecule has 0 bridgehead atoms. The molecule has 3 rings (SSSR count). The first-order valence-corrected chi connectivity index (χ1v) is 6.71. The molecule has 0 aromatic carbocycles. The lowest BCUT2D eigenvalue weighted by Gasteiger charge is -2.08. The Morgan fingerprint density at radius 2 is 2.04 bits per heavy atom. The maximum absolute atomic E-state index is 11.3. The van der Waals surface area contributed by atoms with Crippen LogP contribution in [0.15, 0.2) is 24.9 Å². The summed E-state index contributed by atoms with van der Waals surface area (Å²) in [5.74, 6) is -0.104. The third-order valence-corrected chi connectivity index (χ3v) is 3.16. The fourth-order valence-corrected chi connectivity index (χ4v) is 2.09. The lowest BCUT2D eigenvalue weighted by molar-refractivity contribution is -0.122. The lowest BCUT2D eigenvalue weighted by atomic mass is 10.1. The Morgan fingerprint density at radius 3 is 2.67 bits per heavy atom. The lowest BCUT2D eigenvalue weighted by Crippen LogP contribution is -2.15. The number of nitrogens with two attached hydrogens (primary N) is 1. The summed E-state index contributed by atoms with van der Waals surface area (Å²) in [6.45, 7) is -0.250. The van der Waals surface area contributed by atoms with Crippen LogP contribution in [0.25, 0.3) is 22.3 Å². The van der Waals surface area contributed by atoms with Gasteiger partial charge in [-0.2, -0.15) is 0 Å². The molecule has 1 amide bonds. The van der Waals surface area contributed by atoms with Crippen LogP contribution in [0.3, 0.4) is 0 Å². The Hall–Kier alpha value is -3.56. The third kappa shape index (κ3) is 3.11. The number of carbonyl (C=O) groups excluding carboxylic acids is 1. The number of carbonyl (C=O) groups is 2. The van der Waals surface area contributed by atoms with E-state index >= 15 is 0 Å². The van der Waals surface area contributed by atoms with Crippen molar-refractivity contribution in [3.05, 3.63) is 30.6 Å². The second-order valence-electron chi connectivity index (χ2n) is 4.58. The topological polar surface area (TPSA) is 149 Å². The maximum atomic E-state index is 11.3. The molecule has 0 radical (unpaired) electrons. The average molecular weight is 329 g/mol. The van der Waals surface area contributed by atoms with Gasteiger partial charge in [0.1, 0.15) is 16.9 Å². The summed E-state index contributed by atoms with van der Waals surface area (Å²) in [5, 5.41) is 9.83. The molecule has 124 valence electrons. The molecule has 10 heteroatoms. The van der Waals surface area contributed by atoms with E-state index in [4.69, 9.17) is 15.6 Å². The first-order valence-electron chi connectivity index (χ1n) is 6.71. The van der Waals surface area contributed by atoms with Crippen molar-refractivity contribution in [2.24, 2.45) is 12.8 Å². The molecule has 0 aliphatic heterocycles. The Bertz CT molecular complexity index is 891. The van der Waals surface area contributed by atoms with Crippen molar-refractivity contribution in [2.75, 3.05) is 12.4 Å². The van der Waals surface area contributed by atoms with Crippen LogP contribution >= 0.6 is 0 Å². The van der Waals surface area contributed by atoms with Crippen LogP contribution < -0.4 is 11.1 Å². The molecular formula is C14H15N7O3. The highest BCUT2D eigenvalue weighted by Gasteiger charge is 2.16. The molecule has 0 aliphatic rings. The zero-order chi connectivity index (χ0) is 17.7. The molecule has 0 fully saturated rings. The van der Waals surface area contributed by atoms with Crippen LogP contribution in [0.1, 0.15) is 10.5 Å². The van der Waals surface area contributed by atoms with Gasteiger partial charge in [-0.05, 0) is 0 Å². The first kappa shape index (κ1) is 16.8. The molecule has 3 aromatic rings. The van der Waals surface area contributed by atoms with Gasteiger partial charge in [-0.3, -0.25) is 14.6 Å². The summed E-state index contributed by atoms with van der Waals surface area (Å²) in [6.07, 6.45) is 6.39. The fourth-order valence-electron chi connectivity index (χ4n) is 2.09. The van der Waals surface area contributed by atoms with Crippen LogP contribution in [0.2, 0.25) is 0 Å². The number of carboxylic acid groups (broad SMARTS) is 1. The quantitative estimate of drug-likeness (QED) is 0.579. The summed E-state index contributed by atoms with van der Waals surface area (Å²) in [6, 6.07) is 0. The number of amides is 1. The van der Waals surface area contributed by atoms with Gasteiger partial charge in [-0.15, -0.1) is 0 Å². The van der Waals surface area contributed by atoms with Crippen molar-refractivity contribution in [2.45, 2.75) is 0 Å². The number of fused-ring (bicyclic) bond motifs is 1. The number of rotatable bonds is 3. The number of pyridine rings is 1. The van der Waals surface area contributed by atoms with Gasteiger partial charge in [0, 0.05) is 20.3 Å². The normalized spacial score (nSPS) is 9.92. The van der Waals surface area contributed by atoms with E-state index in [1.54, 1.807) is 25.8 Å².